The molecule has 1 amide bonds. The minimum absolute atomic E-state index is 0.0457. The smallest absolute Gasteiger partial charge is 0.272 e. The highest BCUT2D eigenvalue weighted by Gasteiger charge is 2.30. The van der Waals surface area contributed by atoms with E-state index in [0.29, 0.717) is 11.7 Å². The molecular formula is C16H26N4O. The summed E-state index contributed by atoms with van der Waals surface area (Å²) < 4.78 is 0. The minimum atomic E-state index is 0.0457. The Hall–Kier alpha value is -1.62. The van der Waals surface area contributed by atoms with Crippen molar-refractivity contribution in [1.29, 1.82) is 0 Å². The molecule has 1 aromatic rings. The molecule has 0 radical (unpaired) electrons. The van der Waals surface area contributed by atoms with Crippen LogP contribution in [0.5, 0.6) is 0 Å². The highest BCUT2D eigenvalue weighted by Crippen LogP contribution is 2.18. The molecule has 0 aliphatic carbocycles. The molecule has 1 unspecified atom stereocenters. The Bertz CT molecular complexity index is 473. The molecule has 0 bridgehead atoms. The van der Waals surface area contributed by atoms with Gasteiger partial charge in [-0.3, -0.25) is 9.69 Å². The van der Waals surface area contributed by atoms with Crippen LogP contribution in [0.25, 0.3) is 0 Å². The quantitative estimate of drug-likeness (QED) is 0.871. The van der Waals surface area contributed by atoms with Gasteiger partial charge in [-0.05, 0) is 38.6 Å². The molecular weight excluding hydrogens is 264 g/mol. The molecule has 1 aromatic heterocycles. The van der Waals surface area contributed by atoms with E-state index in [2.05, 4.69) is 29.0 Å². The van der Waals surface area contributed by atoms with Gasteiger partial charge in [0.1, 0.15) is 11.5 Å². The Balaban J connectivity index is 2.02. The maximum absolute atomic E-state index is 12.6. The van der Waals surface area contributed by atoms with E-state index in [-0.39, 0.29) is 5.91 Å². The van der Waals surface area contributed by atoms with Gasteiger partial charge in [0.25, 0.3) is 5.91 Å². The largest absolute Gasteiger partial charge is 0.370 e. The van der Waals surface area contributed by atoms with Crippen molar-refractivity contribution in [2.24, 2.45) is 0 Å². The van der Waals surface area contributed by atoms with Crippen molar-refractivity contribution in [2.75, 3.05) is 38.0 Å². The highest BCUT2D eigenvalue weighted by molar-refractivity contribution is 5.92. The topological polar surface area (TPSA) is 48.5 Å². The lowest BCUT2D eigenvalue weighted by Gasteiger charge is -2.26. The molecule has 21 heavy (non-hydrogen) atoms. The first-order valence-corrected chi connectivity index (χ1v) is 7.93. The predicted molar refractivity (Wildman–Crippen MR) is 85.6 cm³/mol. The van der Waals surface area contributed by atoms with Gasteiger partial charge in [-0.15, -0.1) is 0 Å². The summed E-state index contributed by atoms with van der Waals surface area (Å²) in [6.45, 7) is 10.9. The van der Waals surface area contributed by atoms with Crippen LogP contribution < -0.4 is 5.32 Å². The zero-order chi connectivity index (χ0) is 15.2. The van der Waals surface area contributed by atoms with E-state index >= 15 is 0 Å². The summed E-state index contributed by atoms with van der Waals surface area (Å²) in [5, 5.41) is 3.15. The van der Waals surface area contributed by atoms with Gasteiger partial charge in [0.15, 0.2) is 0 Å². The van der Waals surface area contributed by atoms with Crippen LogP contribution in [0.4, 0.5) is 5.82 Å². The van der Waals surface area contributed by atoms with Gasteiger partial charge in [-0.2, -0.15) is 0 Å². The lowest BCUT2D eigenvalue weighted by Crippen LogP contribution is -2.38. The van der Waals surface area contributed by atoms with E-state index in [9.17, 15) is 4.79 Å². The average molecular weight is 290 g/mol. The molecule has 0 saturated carbocycles. The van der Waals surface area contributed by atoms with E-state index in [1.807, 2.05) is 24.0 Å². The zero-order valence-electron chi connectivity index (χ0n) is 13.3. The van der Waals surface area contributed by atoms with Gasteiger partial charge in [-0.25, -0.2) is 4.98 Å². The van der Waals surface area contributed by atoms with E-state index in [1.165, 1.54) is 0 Å². The Morgan fingerprint density at radius 1 is 1.38 bits per heavy atom. The van der Waals surface area contributed by atoms with Crippen LogP contribution in [0.1, 0.15) is 37.7 Å². The molecule has 2 heterocycles. The van der Waals surface area contributed by atoms with Gasteiger partial charge in [0.2, 0.25) is 0 Å². The summed E-state index contributed by atoms with van der Waals surface area (Å²) in [5.74, 6) is 0.812. The number of carbonyl (C=O) groups excluding carboxylic acids is 1. The maximum Gasteiger partial charge on any atom is 0.272 e. The average Bonchev–Trinajstić information content (AvgIpc) is 2.98. The Labute approximate surface area is 127 Å². The molecule has 1 fully saturated rings. The number of carbonyl (C=O) groups is 1. The SMILES string of the molecule is CCNc1cccc(C(=O)N2CCC(N(CC)CC)C2)n1. The lowest BCUT2D eigenvalue weighted by atomic mass is 10.2. The van der Waals surface area contributed by atoms with E-state index < -0.39 is 0 Å². The lowest BCUT2D eigenvalue weighted by molar-refractivity contribution is 0.0772. The zero-order valence-corrected chi connectivity index (χ0v) is 13.3. The first kappa shape index (κ1) is 15.8. The third-order valence-electron chi connectivity index (χ3n) is 4.11. The number of anilines is 1. The van der Waals surface area contributed by atoms with Crippen molar-refractivity contribution in [1.82, 2.24) is 14.8 Å². The standard InChI is InChI=1S/C16H26N4O/c1-4-17-15-9-7-8-14(18-15)16(21)20-11-10-13(12-20)19(5-2)6-3/h7-9,13H,4-6,10-12H2,1-3H3,(H,17,18). The van der Waals surface area contributed by atoms with E-state index in [4.69, 9.17) is 0 Å². The third kappa shape index (κ3) is 3.73. The third-order valence-corrected chi connectivity index (χ3v) is 4.11. The Morgan fingerprint density at radius 2 is 2.14 bits per heavy atom. The number of aromatic nitrogens is 1. The first-order chi connectivity index (χ1) is 10.2. The van der Waals surface area contributed by atoms with Gasteiger partial charge in [-0.1, -0.05) is 19.9 Å². The van der Waals surface area contributed by atoms with Crippen LogP contribution in [0.15, 0.2) is 18.2 Å². The van der Waals surface area contributed by atoms with Crippen molar-refractivity contribution in [2.45, 2.75) is 33.2 Å². The molecule has 5 heteroatoms. The first-order valence-electron chi connectivity index (χ1n) is 7.93. The molecule has 0 aromatic carbocycles. The summed E-state index contributed by atoms with van der Waals surface area (Å²) in [6, 6.07) is 6.06. The summed E-state index contributed by atoms with van der Waals surface area (Å²) in [5.41, 5.74) is 0.536. The normalized spacial score (nSPS) is 18.3. The predicted octanol–water partition coefficient (Wildman–Crippen LogP) is 2.07. The van der Waals surface area contributed by atoms with Gasteiger partial charge >= 0.3 is 0 Å². The highest BCUT2D eigenvalue weighted by atomic mass is 16.2. The number of rotatable bonds is 6. The second-order valence-electron chi connectivity index (χ2n) is 5.35. The van der Waals surface area contributed by atoms with Crippen LogP contribution in [0.3, 0.4) is 0 Å². The maximum atomic E-state index is 12.6. The number of likely N-dealkylation sites (N-methyl/N-ethyl adjacent to an activating group) is 1. The van der Waals surface area contributed by atoms with E-state index in [1.54, 1.807) is 6.07 Å². The number of hydrogen-bond donors (Lipinski definition) is 1. The number of amides is 1. The van der Waals surface area contributed by atoms with Crippen LogP contribution in [0.2, 0.25) is 0 Å². The van der Waals surface area contributed by atoms with Crippen LogP contribution in [-0.4, -0.2) is 59.5 Å². The molecule has 116 valence electrons. The number of nitrogens with one attached hydrogen (secondary N) is 1. The van der Waals surface area contributed by atoms with Gasteiger partial charge in [0.05, 0.1) is 0 Å². The fraction of sp³-hybridized carbons (Fsp3) is 0.625. The fourth-order valence-corrected chi connectivity index (χ4v) is 2.96. The summed E-state index contributed by atoms with van der Waals surface area (Å²) >= 11 is 0. The van der Waals surface area contributed by atoms with Crippen molar-refractivity contribution in [3.05, 3.63) is 23.9 Å². The molecule has 1 aliphatic heterocycles. The molecule has 0 spiro atoms. The summed E-state index contributed by atoms with van der Waals surface area (Å²) in [6.07, 6.45) is 1.06. The van der Waals surface area contributed by atoms with Crippen molar-refractivity contribution >= 4 is 11.7 Å². The van der Waals surface area contributed by atoms with Crippen molar-refractivity contribution in [3.63, 3.8) is 0 Å². The fourth-order valence-electron chi connectivity index (χ4n) is 2.96. The second-order valence-corrected chi connectivity index (χ2v) is 5.35. The van der Waals surface area contributed by atoms with Crippen LogP contribution in [-0.2, 0) is 0 Å². The van der Waals surface area contributed by atoms with Crippen molar-refractivity contribution < 1.29 is 4.79 Å². The number of nitrogens with zero attached hydrogens (tertiary/aromatic N) is 3. The molecule has 5 nitrogen and oxygen atoms in total. The summed E-state index contributed by atoms with van der Waals surface area (Å²) in [7, 11) is 0. The molecule has 1 atom stereocenters. The van der Waals surface area contributed by atoms with Crippen LogP contribution in [0, 0.1) is 0 Å². The molecule has 1 N–H and O–H groups in total. The van der Waals surface area contributed by atoms with Gasteiger partial charge < -0.3 is 10.2 Å². The van der Waals surface area contributed by atoms with E-state index in [0.717, 1.165) is 45.0 Å². The van der Waals surface area contributed by atoms with Crippen molar-refractivity contribution in [3.8, 4) is 0 Å². The second kappa shape index (κ2) is 7.41. The number of likely N-dealkylation sites (tertiary alicyclic amines) is 1. The Morgan fingerprint density at radius 3 is 2.81 bits per heavy atom. The Kier molecular flexibility index (Phi) is 5.56. The number of hydrogen-bond acceptors (Lipinski definition) is 4. The molecule has 2 rings (SSSR count). The molecule has 1 aliphatic rings. The monoisotopic (exact) mass is 290 g/mol. The van der Waals surface area contributed by atoms with Gasteiger partial charge in [0, 0.05) is 25.7 Å². The summed E-state index contributed by atoms with van der Waals surface area (Å²) in [4.78, 5) is 21.3. The molecule has 1 saturated heterocycles. The number of pyridine rings is 1. The minimum Gasteiger partial charge on any atom is -0.370 e. The van der Waals surface area contributed by atoms with Crippen LogP contribution >= 0.6 is 0 Å².